The van der Waals surface area contributed by atoms with E-state index in [9.17, 15) is 0 Å². The zero-order valence-corrected chi connectivity index (χ0v) is 10.0. The van der Waals surface area contributed by atoms with Crippen LogP contribution in [-0.2, 0) is 29.0 Å². The summed E-state index contributed by atoms with van der Waals surface area (Å²) in [7, 11) is 0. The van der Waals surface area contributed by atoms with Crippen molar-refractivity contribution in [1.82, 2.24) is 0 Å². The average molecular weight is 247 g/mol. The monoisotopic (exact) mass is 245 g/mol. The summed E-state index contributed by atoms with van der Waals surface area (Å²) in [6.07, 6.45) is 0.708. The van der Waals surface area contributed by atoms with Gasteiger partial charge < -0.3 is 16.4 Å². The molecule has 1 fully saturated rings. The number of hydrogen-bond donors (Lipinski definition) is 0. The summed E-state index contributed by atoms with van der Waals surface area (Å²) in [5, 5.41) is 0. The number of halogens is 1. The summed E-state index contributed by atoms with van der Waals surface area (Å²) in [4.78, 5) is 0. The zero-order valence-electron chi connectivity index (χ0n) is 5.34. The van der Waals surface area contributed by atoms with Crippen molar-refractivity contribution in [3.8, 4) is 0 Å². The van der Waals surface area contributed by atoms with Crippen LogP contribution in [0.1, 0.15) is 6.42 Å². The summed E-state index contributed by atoms with van der Waals surface area (Å²) in [5.41, 5.74) is 0. The molecule has 1 aliphatic heterocycles. The van der Waals surface area contributed by atoms with Crippen molar-refractivity contribution >= 4 is 17.0 Å². The van der Waals surface area contributed by atoms with Gasteiger partial charge in [-0.3, -0.25) is 0 Å². The minimum Gasteiger partial charge on any atom is -0.353 e. The molecule has 0 aromatic rings. The van der Waals surface area contributed by atoms with Gasteiger partial charge in [0, 0.05) is 19.5 Å². The molecule has 0 radical (unpaired) electrons. The fraction of sp³-hybridized carbons (Fsp3) is 0.800. The Morgan fingerprint density at radius 1 is 1.33 bits per heavy atom. The van der Waals surface area contributed by atoms with Crippen LogP contribution in [0.3, 0.4) is 0 Å². The van der Waals surface area contributed by atoms with Crippen molar-refractivity contribution in [2.24, 2.45) is 0 Å². The molecule has 2 nitrogen and oxygen atoms in total. The first kappa shape index (κ1) is 12.7. The van der Waals surface area contributed by atoms with E-state index >= 15 is 0 Å². The standard InChI is InChI=1S/C5H9O2.BrH.Zn/c1-2-5-6-3-4-7-5;;/h5H,1-4H2;1H;/q-1;;. The van der Waals surface area contributed by atoms with E-state index in [-0.39, 0.29) is 42.7 Å². The molecule has 0 aromatic carbocycles. The summed E-state index contributed by atoms with van der Waals surface area (Å²) in [6, 6.07) is 0. The van der Waals surface area contributed by atoms with Crippen LogP contribution in [0.4, 0.5) is 0 Å². The first-order valence-electron chi connectivity index (χ1n) is 2.46. The van der Waals surface area contributed by atoms with Gasteiger partial charge >= 0.3 is 0 Å². The minimum atomic E-state index is -0.0139. The Hall–Kier alpha value is 1.02. The van der Waals surface area contributed by atoms with Crippen LogP contribution in [0.5, 0.6) is 0 Å². The van der Waals surface area contributed by atoms with Crippen molar-refractivity contribution in [2.75, 3.05) is 13.2 Å². The van der Waals surface area contributed by atoms with Crippen LogP contribution >= 0.6 is 17.0 Å². The van der Waals surface area contributed by atoms with Gasteiger partial charge in [-0.2, -0.15) is 0 Å². The van der Waals surface area contributed by atoms with E-state index in [0.717, 1.165) is 19.6 Å². The molecule has 0 bridgehead atoms. The van der Waals surface area contributed by atoms with Gasteiger partial charge in [-0.25, -0.2) is 0 Å². The normalized spacial score (nSPS) is 18.3. The third kappa shape index (κ3) is 4.43. The number of hydrogen-bond acceptors (Lipinski definition) is 2. The Bertz CT molecular complexity index is 56.9. The van der Waals surface area contributed by atoms with E-state index in [0.29, 0.717) is 0 Å². The first-order valence-corrected chi connectivity index (χ1v) is 2.46. The van der Waals surface area contributed by atoms with E-state index in [2.05, 4.69) is 6.92 Å². The Balaban J connectivity index is 0. The van der Waals surface area contributed by atoms with E-state index < -0.39 is 0 Å². The summed E-state index contributed by atoms with van der Waals surface area (Å²) < 4.78 is 10.0. The summed E-state index contributed by atoms with van der Waals surface area (Å²) in [6.45, 7) is 5.09. The predicted octanol–water partition coefficient (Wildman–Crippen LogP) is 1.16. The second-order valence-electron chi connectivity index (χ2n) is 1.46. The maximum absolute atomic E-state index is 5.02. The molecule has 0 N–H and O–H groups in total. The maximum atomic E-state index is 5.02. The fourth-order valence-corrected chi connectivity index (χ4v) is 0.574. The second kappa shape index (κ2) is 7.13. The molecular weight excluding hydrogens is 237 g/mol. The van der Waals surface area contributed by atoms with E-state index in [1.54, 1.807) is 0 Å². The largest absolute Gasteiger partial charge is 0.353 e. The smallest absolute Gasteiger partial charge is 0.131 e. The van der Waals surface area contributed by atoms with Gasteiger partial charge in [0.25, 0.3) is 0 Å². The van der Waals surface area contributed by atoms with Crippen molar-refractivity contribution in [2.45, 2.75) is 12.7 Å². The van der Waals surface area contributed by atoms with Crippen molar-refractivity contribution < 1.29 is 29.0 Å². The molecule has 52 valence electrons. The first-order chi connectivity index (χ1) is 3.43. The molecule has 0 unspecified atom stereocenters. The molecule has 0 spiro atoms. The van der Waals surface area contributed by atoms with Crippen molar-refractivity contribution in [1.29, 1.82) is 0 Å². The minimum absolute atomic E-state index is 0. The van der Waals surface area contributed by atoms with Crippen molar-refractivity contribution in [3.63, 3.8) is 0 Å². The molecule has 1 aliphatic rings. The van der Waals surface area contributed by atoms with Crippen LogP contribution in [0.2, 0.25) is 0 Å². The van der Waals surface area contributed by atoms with Crippen LogP contribution in [0.15, 0.2) is 0 Å². The van der Waals surface area contributed by atoms with Gasteiger partial charge in [0.15, 0.2) is 0 Å². The molecular formula is C5H10BrO2Zn-. The van der Waals surface area contributed by atoms with Gasteiger partial charge in [-0.05, 0) is 0 Å². The quantitative estimate of drug-likeness (QED) is 0.511. The van der Waals surface area contributed by atoms with Gasteiger partial charge in [-0.15, -0.1) is 23.4 Å². The zero-order chi connectivity index (χ0) is 5.11. The fourth-order valence-electron chi connectivity index (χ4n) is 0.574. The summed E-state index contributed by atoms with van der Waals surface area (Å²) >= 11 is 0. The maximum Gasteiger partial charge on any atom is 0.131 e. The van der Waals surface area contributed by atoms with Crippen molar-refractivity contribution in [3.05, 3.63) is 6.92 Å². The van der Waals surface area contributed by atoms with E-state index in [4.69, 9.17) is 9.47 Å². The van der Waals surface area contributed by atoms with Gasteiger partial charge in [0.05, 0.1) is 13.2 Å². The Morgan fingerprint density at radius 2 is 1.78 bits per heavy atom. The Labute approximate surface area is 78.8 Å². The van der Waals surface area contributed by atoms with Crippen LogP contribution in [0, 0.1) is 6.92 Å². The van der Waals surface area contributed by atoms with Crippen LogP contribution < -0.4 is 0 Å². The van der Waals surface area contributed by atoms with Gasteiger partial charge in [-0.1, -0.05) is 0 Å². The number of rotatable bonds is 1. The van der Waals surface area contributed by atoms with Gasteiger partial charge in [0.1, 0.15) is 6.29 Å². The molecule has 9 heavy (non-hydrogen) atoms. The van der Waals surface area contributed by atoms with Gasteiger partial charge in [0.2, 0.25) is 0 Å². The SMILES string of the molecule is Br.[CH2-]CC1OCCO1.[Zn]. The molecule has 0 saturated carbocycles. The van der Waals surface area contributed by atoms with E-state index in [1.165, 1.54) is 0 Å². The molecule has 1 rings (SSSR count). The molecule has 4 heteroatoms. The molecule has 0 aliphatic carbocycles. The third-order valence-corrected chi connectivity index (χ3v) is 0.927. The van der Waals surface area contributed by atoms with E-state index in [1.807, 2.05) is 0 Å². The molecule has 0 atom stereocenters. The Kier molecular flexibility index (Phi) is 10.0. The second-order valence-corrected chi connectivity index (χ2v) is 1.46. The number of ether oxygens (including phenoxy) is 2. The molecule has 1 heterocycles. The molecule has 0 amide bonds. The summed E-state index contributed by atoms with van der Waals surface area (Å²) in [5.74, 6) is 0. The average Bonchev–Trinajstić information content (AvgIpc) is 2.14. The Morgan fingerprint density at radius 3 is 2.00 bits per heavy atom. The molecule has 0 aromatic heterocycles. The predicted molar refractivity (Wildman–Crippen MR) is 36.0 cm³/mol. The third-order valence-electron chi connectivity index (χ3n) is 0.927. The van der Waals surface area contributed by atoms with Crippen LogP contribution in [0.25, 0.3) is 0 Å². The molecule has 1 saturated heterocycles. The topological polar surface area (TPSA) is 18.5 Å². The van der Waals surface area contributed by atoms with Crippen LogP contribution in [-0.4, -0.2) is 19.5 Å².